The molecule has 1 amide bonds. The monoisotopic (exact) mass is 460 g/mol. The zero-order chi connectivity index (χ0) is 24.5. The van der Waals surface area contributed by atoms with Crippen LogP contribution in [0.4, 0.5) is 11.4 Å². The van der Waals surface area contributed by atoms with Crippen molar-refractivity contribution < 1.29 is 23.7 Å². The van der Waals surface area contributed by atoms with Crippen LogP contribution in [-0.2, 0) is 4.79 Å². The molecule has 0 aromatic heterocycles. The Balaban J connectivity index is 1.71. The first-order chi connectivity index (χ1) is 16.5. The van der Waals surface area contributed by atoms with Crippen LogP contribution in [0.5, 0.6) is 23.0 Å². The summed E-state index contributed by atoms with van der Waals surface area (Å²) in [4.78, 5) is 12.4. The molecule has 0 bridgehead atoms. The number of nitrogens with two attached hydrogens (primary N) is 1. The Hall–Kier alpha value is -4.39. The molecule has 0 aliphatic heterocycles. The quantitative estimate of drug-likeness (QED) is 0.261. The lowest BCUT2D eigenvalue weighted by atomic mass is 10.1. The Labute approximate surface area is 199 Å². The minimum atomic E-state index is -0.250. The van der Waals surface area contributed by atoms with Crippen molar-refractivity contribution >= 4 is 35.5 Å². The van der Waals surface area contributed by atoms with Gasteiger partial charge in [0.05, 0.1) is 34.1 Å². The summed E-state index contributed by atoms with van der Waals surface area (Å²) in [6.45, 7) is 0. The Kier molecular flexibility index (Phi) is 8.18. The highest BCUT2D eigenvalue weighted by molar-refractivity contribution is 6.02. The van der Waals surface area contributed by atoms with Crippen molar-refractivity contribution in [2.45, 2.75) is 0 Å². The molecule has 0 spiro atoms. The number of rotatable bonds is 9. The highest BCUT2D eigenvalue weighted by Crippen LogP contribution is 2.38. The average Bonchev–Trinajstić information content (AvgIpc) is 2.85. The van der Waals surface area contributed by atoms with Crippen molar-refractivity contribution in [3.63, 3.8) is 0 Å². The third-order valence-electron chi connectivity index (χ3n) is 4.99. The van der Waals surface area contributed by atoms with E-state index in [1.54, 1.807) is 46.6 Å². The minimum absolute atomic E-state index is 0.250. The van der Waals surface area contributed by atoms with Gasteiger partial charge in [-0.05, 0) is 59.2 Å². The zero-order valence-electron chi connectivity index (χ0n) is 19.6. The van der Waals surface area contributed by atoms with E-state index in [-0.39, 0.29) is 5.91 Å². The molecule has 3 rings (SSSR count). The van der Waals surface area contributed by atoms with Gasteiger partial charge in [0.2, 0.25) is 11.7 Å². The van der Waals surface area contributed by atoms with Gasteiger partial charge in [-0.25, -0.2) is 0 Å². The third kappa shape index (κ3) is 6.10. The molecule has 7 heteroatoms. The average molecular weight is 461 g/mol. The smallest absolute Gasteiger partial charge is 0.248 e. The molecule has 0 aliphatic rings. The van der Waals surface area contributed by atoms with Crippen molar-refractivity contribution in [2.75, 3.05) is 39.5 Å². The predicted octanol–water partition coefficient (Wildman–Crippen LogP) is 5.13. The summed E-state index contributed by atoms with van der Waals surface area (Å²) in [7, 11) is 6.28. The maximum atomic E-state index is 12.4. The zero-order valence-corrected chi connectivity index (χ0v) is 19.6. The van der Waals surface area contributed by atoms with Crippen LogP contribution in [0.2, 0.25) is 0 Å². The molecule has 0 radical (unpaired) electrons. The molecule has 3 aromatic rings. The standard InChI is InChI=1S/C27H28N2O5/c1-31-23-12-10-19(15-22(23)28)11-13-26(30)29-21-7-5-6-18(14-21)8-9-20-16-24(32-2)27(34-4)25(17-20)33-3/h5-17H,28H2,1-4H3,(H,29,30)/b9-8-,13-11-. The number of carbonyl (C=O) groups is 1. The summed E-state index contributed by atoms with van der Waals surface area (Å²) in [5.74, 6) is 2.04. The van der Waals surface area contributed by atoms with E-state index < -0.39 is 0 Å². The second-order valence-corrected chi connectivity index (χ2v) is 7.24. The molecule has 34 heavy (non-hydrogen) atoms. The number of hydrogen-bond acceptors (Lipinski definition) is 6. The molecule has 0 heterocycles. The van der Waals surface area contributed by atoms with Crippen LogP contribution in [0, 0.1) is 0 Å². The molecule has 3 N–H and O–H groups in total. The number of anilines is 2. The fourth-order valence-corrected chi connectivity index (χ4v) is 3.32. The fourth-order valence-electron chi connectivity index (χ4n) is 3.32. The molecule has 0 saturated heterocycles. The normalized spacial score (nSPS) is 10.9. The predicted molar refractivity (Wildman–Crippen MR) is 137 cm³/mol. The Bertz CT molecular complexity index is 1190. The Morgan fingerprint density at radius 2 is 1.38 bits per heavy atom. The van der Waals surface area contributed by atoms with Crippen LogP contribution in [0.1, 0.15) is 16.7 Å². The van der Waals surface area contributed by atoms with E-state index in [1.807, 2.05) is 54.6 Å². The Morgan fingerprint density at radius 1 is 0.735 bits per heavy atom. The number of hydrogen-bond donors (Lipinski definition) is 2. The van der Waals surface area contributed by atoms with E-state index in [9.17, 15) is 4.79 Å². The molecule has 7 nitrogen and oxygen atoms in total. The van der Waals surface area contributed by atoms with Gasteiger partial charge >= 0.3 is 0 Å². The van der Waals surface area contributed by atoms with Crippen molar-refractivity contribution in [3.05, 3.63) is 77.4 Å². The number of ether oxygens (including phenoxy) is 4. The van der Waals surface area contributed by atoms with E-state index in [0.717, 1.165) is 16.7 Å². The summed E-state index contributed by atoms with van der Waals surface area (Å²) < 4.78 is 21.3. The number of nitrogens with one attached hydrogen (secondary N) is 1. The van der Waals surface area contributed by atoms with Gasteiger partial charge in [-0.15, -0.1) is 0 Å². The fraction of sp³-hybridized carbons (Fsp3) is 0.148. The van der Waals surface area contributed by atoms with Gasteiger partial charge in [-0.1, -0.05) is 30.4 Å². The summed E-state index contributed by atoms with van der Waals surface area (Å²) >= 11 is 0. The molecule has 176 valence electrons. The van der Waals surface area contributed by atoms with Gasteiger partial charge in [0.15, 0.2) is 11.5 Å². The summed E-state index contributed by atoms with van der Waals surface area (Å²) in [5, 5.41) is 2.87. The molecule has 0 atom stereocenters. The first-order valence-corrected chi connectivity index (χ1v) is 10.5. The van der Waals surface area contributed by atoms with Crippen molar-refractivity contribution in [1.29, 1.82) is 0 Å². The van der Waals surface area contributed by atoms with E-state index in [4.69, 9.17) is 24.7 Å². The molecule has 0 aliphatic carbocycles. The van der Waals surface area contributed by atoms with Crippen LogP contribution < -0.4 is 30.0 Å². The van der Waals surface area contributed by atoms with Crippen LogP contribution in [0.25, 0.3) is 18.2 Å². The van der Waals surface area contributed by atoms with Crippen molar-refractivity contribution in [2.24, 2.45) is 0 Å². The van der Waals surface area contributed by atoms with E-state index in [1.165, 1.54) is 6.08 Å². The topological polar surface area (TPSA) is 92.0 Å². The molecule has 0 saturated carbocycles. The lowest BCUT2D eigenvalue weighted by Crippen LogP contribution is -2.07. The highest BCUT2D eigenvalue weighted by atomic mass is 16.5. The molecule has 0 fully saturated rings. The number of amides is 1. The summed E-state index contributed by atoms with van der Waals surface area (Å²) in [5.41, 5.74) is 9.69. The number of nitrogen functional groups attached to an aromatic ring is 1. The summed E-state index contributed by atoms with van der Waals surface area (Å²) in [6.07, 6.45) is 7.02. The number of methoxy groups -OCH3 is 4. The Morgan fingerprint density at radius 3 is 2.00 bits per heavy atom. The van der Waals surface area contributed by atoms with Gasteiger partial charge in [0.1, 0.15) is 5.75 Å². The summed E-state index contributed by atoms with van der Waals surface area (Å²) in [6, 6.07) is 16.6. The molecular weight excluding hydrogens is 432 g/mol. The maximum Gasteiger partial charge on any atom is 0.248 e. The molecule has 0 unspecified atom stereocenters. The van der Waals surface area contributed by atoms with E-state index in [0.29, 0.717) is 34.4 Å². The lowest BCUT2D eigenvalue weighted by molar-refractivity contribution is -0.111. The van der Waals surface area contributed by atoms with Crippen molar-refractivity contribution in [3.8, 4) is 23.0 Å². The van der Waals surface area contributed by atoms with Crippen molar-refractivity contribution in [1.82, 2.24) is 0 Å². The third-order valence-corrected chi connectivity index (χ3v) is 4.99. The van der Waals surface area contributed by atoms with Crippen LogP contribution in [0.3, 0.4) is 0 Å². The largest absolute Gasteiger partial charge is 0.495 e. The van der Waals surface area contributed by atoms with Gasteiger partial charge in [-0.3, -0.25) is 4.79 Å². The highest BCUT2D eigenvalue weighted by Gasteiger charge is 2.12. The van der Waals surface area contributed by atoms with E-state index in [2.05, 4.69) is 5.32 Å². The minimum Gasteiger partial charge on any atom is -0.495 e. The number of carbonyl (C=O) groups excluding carboxylic acids is 1. The SMILES string of the molecule is COc1ccc(/C=C\C(=O)Nc2cccc(/C=C\c3cc(OC)c(OC)c(OC)c3)c2)cc1N. The number of benzene rings is 3. The van der Waals surface area contributed by atoms with Gasteiger partial charge in [0, 0.05) is 11.8 Å². The van der Waals surface area contributed by atoms with E-state index >= 15 is 0 Å². The van der Waals surface area contributed by atoms with Gasteiger partial charge < -0.3 is 30.0 Å². The first kappa shape index (κ1) is 24.3. The maximum absolute atomic E-state index is 12.4. The van der Waals surface area contributed by atoms with Crippen LogP contribution in [-0.4, -0.2) is 34.3 Å². The lowest BCUT2D eigenvalue weighted by Gasteiger charge is -2.12. The first-order valence-electron chi connectivity index (χ1n) is 10.5. The van der Waals surface area contributed by atoms with Gasteiger partial charge in [-0.2, -0.15) is 0 Å². The van der Waals surface area contributed by atoms with Crippen LogP contribution >= 0.6 is 0 Å². The van der Waals surface area contributed by atoms with Gasteiger partial charge in [0.25, 0.3) is 0 Å². The molecule has 3 aromatic carbocycles. The second kappa shape index (κ2) is 11.5. The second-order valence-electron chi connectivity index (χ2n) is 7.24. The van der Waals surface area contributed by atoms with Crippen LogP contribution in [0.15, 0.2) is 60.7 Å². The molecular formula is C27H28N2O5.